The number of hydrogen-bond donors (Lipinski definition) is 2. The summed E-state index contributed by atoms with van der Waals surface area (Å²) in [5, 5.41) is 0. The Hall–Kier alpha value is -1.39. The van der Waals surface area contributed by atoms with Gasteiger partial charge in [0.2, 0.25) is 0 Å². The first kappa shape index (κ1) is 11.7. The molecule has 82 valence electrons. The molecule has 0 aliphatic carbocycles. The van der Waals surface area contributed by atoms with E-state index in [9.17, 15) is 4.79 Å². The third-order valence-corrected chi connectivity index (χ3v) is 2.24. The third-order valence-electron chi connectivity index (χ3n) is 2.24. The van der Waals surface area contributed by atoms with Crippen molar-refractivity contribution in [2.75, 3.05) is 13.7 Å². The SMILES string of the molecule is COC(=O)Cc1ccc([C@H](N)CN)cc1. The molecule has 0 saturated heterocycles. The van der Waals surface area contributed by atoms with Gasteiger partial charge in [-0.3, -0.25) is 4.79 Å². The van der Waals surface area contributed by atoms with Crippen LogP contribution in [0.25, 0.3) is 0 Å². The molecule has 1 aromatic rings. The number of rotatable bonds is 4. The van der Waals surface area contributed by atoms with E-state index in [1.54, 1.807) is 0 Å². The molecule has 15 heavy (non-hydrogen) atoms. The van der Waals surface area contributed by atoms with Crippen LogP contribution in [-0.2, 0) is 16.0 Å². The average molecular weight is 208 g/mol. The van der Waals surface area contributed by atoms with Gasteiger partial charge in [-0.2, -0.15) is 0 Å². The summed E-state index contributed by atoms with van der Waals surface area (Å²) >= 11 is 0. The van der Waals surface area contributed by atoms with Gasteiger partial charge in [-0.25, -0.2) is 0 Å². The number of esters is 1. The van der Waals surface area contributed by atoms with Crippen LogP contribution in [0.4, 0.5) is 0 Å². The fourth-order valence-electron chi connectivity index (χ4n) is 1.26. The van der Waals surface area contributed by atoms with Gasteiger partial charge in [0, 0.05) is 12.6 Å². The first-order valence-electron chi connectivity index (χ1n) is 4.78. The van der Waals surface area contributed by atoms with Crippen LogP contribution in [0.3, 0.4) is 0 Å². The Bertz CT molecular complexity index is 322. The van der Waals surface area contributed by atoms with Crippen LogP contribution in [0.1, 0.15) is 17.2 Å². The van der Waals surface area contributed by atoms with Crippen molar-refractivity contribution < 1.29 is 9.53 Å². The van der Waals surface area contributed by atoms with Crippen molar-refractivity contribution in [3.8, 4) is 0 Å². The van der Waals surface area contributed by atoms with Crippen molar-refractivity contribution in [3.63, 3.8) is 0 Å². The standard InChI is InChI=1S/C11H16N2O2/c1-15-11(14)6-8-2-4-9(5-3-8)10(13)7-12/h2-5,10H,6-7,12-13H2,1H3/t10-/m1/s1. The lowest BCUT2D eigenvalue weighted by molar-refractivity contribution is -0.139. The molecule has 0 spiro atoms. The minimum absolute atomic E-state index is 0.142. The molecule has 0 aliphatic rings. The van der Waals surface area contributed by atoms with Crippen LogP contribution in [0.15, 0.2) is 24.3 Å². The second-order valence-corrected chi connectivity index (χ2v) is 3.34. The Morgan fingerprint density at radius 3 is 2.47 bits per heavy atom. The van der Waals surface area contributed by atoms with Crippen molar-refractivity contribution >= 4 is 5.97 Å². The summed E-state index contributed by atoms with van der Waals surface area (Å²) in [4.78, 5) is 11.0. The molecular weight excluding hydrogens is 192 g/mol. The maximum Gasteiger partial charge on any atom is 0.309 e. The Labute approximate surface area is 89.2 Å². The second kappa shape index (κ2) is 5.48. The number of carbonyl (C=O) groups is 1. The largest absolute Gasteiger partial charge is 0.469 e. The Morgan fingerprint density at radius 1 is 1.40 bits per heavy atom. The molecule has 0 fully saturated rings. The predicted molar refractivity (Wildman–Crippen MR) is 58.1 cm³/mol. The highest BCUT2D eigenvalue weighted by molar-refractivity contribution is 5.72. The minimum atomic E-state index is -0.245. The highest BCUT2D eigenvalue weighted by atomic mass is 16.5. The second-order valence-electron chi connectivity index (χ2n) is 3.34. The molecule has 0 amide bonds. The van der Waals surface area contributed by atoms with Gasteiger partial charge in [0.1, 0.15) is 0 Å². The molecule has 0 heterocycles. The van der Waals surface area contributed by atoms with Gasteiger partial charge >= 0.3 is 5.97 Å². The first-order valence-corrected chi connectivity index (χ1v) is 4.78. The van der Waals surface area contributed by atoms with Gasteiger partial charge in [0.15, 0.2) is 0 Å². The van der Waals surface area contributed by atoms with Crippen LogP contribution in [0.2, 0.25) is 0 Å². The quantitative estimate of drug-likeness (QED) is 0.700. The molecule has 0 aliphatic heterocycles. The average Bonchev–Trinajstić information content (AvgIpc) is 2.29. The molecule has 0 aromatic heterocycles. The van der Waals surface area contributed by atoms with Crippen molar-refractivity contribution in [1.82, 2.24) is 0 Å². The zero-order valence-corrected chi connectivity index (χ0v) is 8.77. The molecule has 0 radical (unpaired) electrons. The highest BCUT2D eigenvalue weighted by Crippen LogP contribution is 2.11. The van der Waals surface area contributed by atoms with E-state index in [0.29, 0.717) is 6.54 Å². The Kier molecular flexibility index (Phi) is 4.27. The lowest BCUT2D eigenvalue weighted by Gasteiger charge is -2.09. The number of carbonyl (C=O) groups excluding carboxylic acids is 1. The molecule has 0 unspecified atom stereocenters. The molecule has 4 N–H and O–H groups in total. The smallest absolute Gasteiger partial charge is 0.309 e. The lowest BCUT2D eigenvalue weighted by Crippen LogP contribution is -2.20. The van der Waals surface area contributed by atoms with Crippen LogP contribution in [0.5, 0.6) is 0 Å². The van der Waals surface area contributed by atoms with Crippen LogP contribution in [0, 0.1) is 0 Å². The normalized spacial score (nSPS) is 12.2. The summed E-state index contributed by atoms with van der Waals surface area (Å²) in [6.07, 6.45) is 0.286. The van der Waals surface area contributed by atoms with E-state index in [-0.39, 0.29) is 18.4 Å². The predicted octanol–water partition coefficient (Wildman–Crippen LogP) is 0.361. The molecule has 0 saturated carbocycles. The van der Waals surface area contributed by atoms with Gasteiger partial charge in [-0.05, 0) is 11.1 Å². The summed E-state index contributed by atoms with van der Waals surface area (Å²) in [7, 11) is 1.38. The topological polar surface area (TPSA) is 78.3 Å². The molecule has 4 heteroatoms. The van der Waals surface area contributed by atoms with Crippen LogP contribution in [-0.4, -0.2) is 19.6 Å². The minimum Gasteiger partial charge on any atom is -0.469 e. The highest BCUT2D eigenvalue weighted by Gasteiger charge is 2.05. The van der Waals surface area contributed by atoms with Crippen molar-refractivity contribution in [3.05, 3.63) is 35.4 Å². The van der Waals surface area contributed by atoms with E-state index in [1.807, 2.05) is 24.3 Å². The third kappa shape index (κ3) is 3.34. The van der Waals surface area contributed by atoms with E-state index in [2.05, 4.69) is 4.74 Å². The molecule has 1 rings (SSSR count). The number of ether oxygens (including phenoxy) is 1. The summed E-state index contributed by atoms with van der Waals surface area (Å²) in [6.45, 7) is 0.413. The van der Waals surface area contributed by atoms with Gasteiger partial charge in [-0.15, -0.1) is 0 Å². The number of hydrogen-bond acceptors (Lipinski definition) is 4. The lowest BCUT2D eigenvalue weighted by atomic mass is 10.0. The molecule has 1 aromatic carbocycles. The first-order chi connectivity index (χ1) is 7.17. The zero-order valence-electron chi connectivity index (χ0n) is 8.77. The molecule has 1 atom stereocenters. The molecule has 0 bridgehead atoms. The summed E-state index contributed by atoms with van der Waals surface area (Å²) in [6, 6.07) is 7.35. The molecule has 4 nitrogen and oxygen atoms in total. The fourth-order valence-corrected chi connectivity index (χ4v) is 1.26. The maximum absolute atomic E-state index is 11.0. The zero-order chi connectivity index (χ0) is 11.3. The van der Waals surface area contributed by atoms with E-state index >= 15 is 0 Å². The van der Waals surface area contributed by atoms with E-state index in [0.717, 1.165) is 11.1 Å². The van der Waals surface area contributed by atoms with Gasteiger partial charge in [-0.1, -0.05) is 24.3 Å². The number of methoxy groups -OCH3 is 1. The van der Waals surface area contributed by atoms with E-state index in [1.165, 1.54) is 7.11 Å². The summed E-state index contributed by atoms with van der Waals surface area (Å²) < 4.78 is 4.57. The maximum atomic E-state index is 11.0. The Balaban J connectivity index is 2.68. The van der Waals surface area contributed by atoms with Crippen molar-refractivity contribution in [1.29, 1.82) is 0 Å². The van der Waals surface area contributed by atoms with E-state index in [4.69, 9.17) is 11.5 Å². The summed E-state index contributed by atoms with van der Waals surface area (Å²) in [5.41, 5.74) is 13.1. The van der Waals surface area contributed by atoms with Crippen LogP contribution < -0.4 is 11.5 Å². The number of benzene rings is 1. The van der Waals surface area contributed by atoms with Gasteiger partial charge < -0.3 is 16.2 Å². The van der Waals surface area contributed by atoms with Crippen molar-refractivity contribution in [2.45, 2.75) is 12.5 Å². The van der Waals surface area contributed by atoms with Gasteiger partial charge in [0.05, 0.1) is 13.5 Å². The summed E-state index contributed by atoms with van der Waals surface area (Å²) in [5.74, 6) is -0.245. The number of nitrogens with two attached hydrogens (primary N) is 2. The fraction of sp³-hybridized carbons (Fsp3) is 0.364. The van der Waals surface area contributed by atoms with Crippen LogP contribution >= 0.6 is 0 Å². The van der Waals surface area contributed by atoms with E-state index < -0.39 is 0 Å². The van der Waals surface area contributed by atoms with Crippen molar-refractivity contribution in [2.24, 2.45) is 11.5 Å². The monoisotopic (exact) mass is 208 g/mol. The Morgan fingerprint density at radius 2 is 2.00 bits per heavy atom. The van der Waals surface area contributed by atoms with Gasteiger partial charge in [0.25, 0.3) is 0 Å². The molecular formula is C11H16N2O2.